The number of carbonyl (C=O) groups is 1. The fraction of sp³-hybridized carbons (Fsp3) is 0.412. The molecule has 118 valence electrons. The Morgan fingerprint density at radius 1 is 1.36 bits per heavy atom. The van der Waals surface area contributed by atoms with Crippen molar-refractivity contribution in [1.29, 1.82) is 0 Å². The van der Waals surface area contributed by atoms with Crippen molar-refractivity contribution < 1.29 is 4.79 Å². The highest BCUT2D eigenvalue weighted by Gasteiger charge is 2.17. The zero-order valence-electron chi connectivity index (χ0n) is 13.4. The van der Waals surface area contributed by atoms with E-state index in [1.165, 1.54) is 0 Å². The Bertz CT molecular complexity index is 627. The zero-order chi connectivity index (χ0) is 15.9. The molecular weight excluding hydrogens is 294 g/mol. The van der Waals surface area contributed by atoms with Crippen LogP contribution in [0.4, 0.5) is 4.79 Å². The van der Waals surface area contributed by atoms with E-state index in [1.807, 2.05) is 37.4 Å². The first kappa shape index (κ1) is 16.6. The molecule has 0 aliphatic rings. The number of pyridine rings is 1. The van der Waals surface area contributed by atoms with Crippen molar-refractivity contribution in [3.8, 4) is 0 Å². The Labute approximate surface area is 136 Å². The highest BCUT2D eigenvalue weighted by atomic mass is 32.2. The summed E-state index contributed by atoms with van der Waals surface area (Å²) < 4.78 is 0. The molecule has 0 saturated heterocycles. The first-order valence-electron chi connectivity index (χ1n) is 7.49. The third-order valence-corrected chi connectivity index (χ3v) is 4.59. The maximum Gasteiger partial charge on any atom is 0.317 e. The first-order valence-corrected chi connectivity index (χ1v) is 8.89. The summed E-state index contributed by atoms with van der Waals surface area (Å²) in [6.07, 6.45) is 4.82. The number of hydrogen-bond acceptors (Lipinski definition) is 3. The Kier molecular flexibility index (Phi) is 6.07. The second-order valence-electron chi connectivity index (χ2n) is 5.27. The van der Waals surface area contributed by atoms with Crippen molar-refractivity contribution in [3.05, 3.63) is 42.1 Å². The molecule has 2 rings (SSSR count). The van der Waals surface area contributed by atoms with Crippen molar-refractivity contribution in [2.45, 2.75) is 25.9 Å². The Hall–Kier alpha value is -1.75. The second kappa shape index (κ2) is 8.03. The van der Waals surface area contributed by atoms with Crippen LogP contribution in [0.25, 0.3) is 10.9 Å². The number of thioether (sulfide) groups is 1. The lowest BCUT2D eigenvalue weighted by Crippen LogP contribution is -2.44. The lowest BCUT2D eigenvalue weighted by atomic mass is 10.1. The van der Waals surface area contributed by atoms with Crippen LogP contribution in [0.2, 0.25) is 0 Å². The van der Waals surface area contributed by atoms with Crippen molar-refractivity contribution in [2.24, 2.45) is 0 Å². The van der Waals surface area contributed by atoms with Gasteiger partial charge in [0.05, 0.1) is 5.52 Å². The average Bonchev–Trinajstić information content (AvgIpc) is 2.56. The molecule has 0 fully saturated rings. The molecule has 2 aromatic rings. The molecule has 1 N–H and O–H groups in total. The maximum absolute atomic E-state index is 12.3. The van der Waals surface area contributed by atoms with Crippen LogP contribution in [0.5, 0.6) is 0 Å². The number of para-hydroxylation sites is 1. The molecule has 1 atom stereocenters. The SMILES string of the molecule is CC[C@@H](CSC)N(C)C(=O)NCc1ccnc2ccccc12. The van der Waals surface area contributed by atoms with E-state index >= 15 is 0 Å². The van der Waals surface area contributed by atoms with Gasteiger partial charge in [0.25, 0.3) is 0 Å². The number of rotatable bonds is 6. The van der Waals surface area contributed by atoms with Crippen LogP contribution in [-0.2, 0) is 6.54 Å². The molecule has 22 heavy (non-hydrogen) atoms. The number of carbonyl (C=O) groups excluding carboxylic acids is 1. The molecule has 0 radical (unpaired) electrons. The van der Waals surface area contributed by atoms with E-state index in [-0.39, 0.29) is 12.1 Å². The van der Waals surface area contributed by atoms with E-state index in [4.69, 9.17) is 0 Å². The maximum atomic E-state index is 12.3. The smallest absolute Gasteiger partial charge is 0.317 e. The van der Waals surface area contributed by atoms with Gasteiger partial charge in [0.15, 0.2) is 0 Å². The number of fused-ring (bicyclic) bond motifs is 1. The molecule has 1 aromatic carbocycles. The first-order chi connectivity index (χ1) is 10.7. The van der Waals surface area contributed by atoms with E-state index in [1.54, 1.807) is 22.9 Å². The lowest BCUT2D eigenvalue weighted by molar-refractivity contribution is 0.193. The second-order valence-corrected chi connectivity index (χ2v) is 6.18. The number of urea groups is 1. The van der Waals surface area contributed by atoms with Gasteiger partial charge >= 0.3 is 6.03 Å². The summed E-state index contributed by atoms with van der Waals surface area (Å²) in [4.78, 5) is 18.5. The fourth-order valence-electron chi connectivity index (χ4n) is 2.47. The number of nitrogens with one attached hydrogen (secondary N) is 1. The van der Waals surface area contributed by atoms with Gasteiger partial charge in [-0.15, -0.1) is 0 Å². The van der Waals surface area contributed by atoms with E-state index < -0.39 is 0 Å². The van der Waals surface area contributed by atoms with Crippen LogP contribution in [0, 0.1) is 0 Å². The van der Waals surface area contributed by atoms with Crippen molar-refractivity contribution in [3.63, 3.8) is 0 Å². The predicted octanol–water partition coefficient (Wildman–Crippen LogP) is 3.52. The monoisotopic (exact) mass is 317 g/mol. The number of aromatic nitrogens is 1. The summed E-state index contributed by atoms with van der Waals surface area (Å²) in [5.41, 5.74) is 2.04. The summed E-state index contributed by atoms with van der Waals surface area (Å²) in [7, 11) is 1.87. The van der Waals surface area contributed by atoms with Crippen LogP contribution in [0.15, 0.2) is 36.5 Å². The highest BCUT2D eigenvalue weighted by molar-refractivity contribution is 7.98. The summed E-state index contributed by atoms with van der Waals surface area (Å²) in [5.74, 6) is 0.957. The summed E-state index contributed by atoms with van der Waals surface area (Å²) in [6.45, 7) is 2.63. The summed E-state index contributed by atoms with van der Waals surface area (Å²) in [5, 5.41) is 4.10. The molecule has 0 aliphatic heterocycles. The third-order valence-electron chi connectivity index (χ3n) is 3.87. The zero-order valence-corrected chi connectivity index (χ0v) is 14.2. The minimum atomic E-state index is -0.0261. The van der Waals surface area contributed by atoms with Gasteiger partial charge in [-0.25, -0.2) is 4.79 Å². The van der Waals surface area contributed by atoms with Gasteiger partial charge in [-0.05, 0) is 30.4 Å². The summed E-state index contributed by atoms with van der Waals surface area (Å²) in [6, 6.07) is 10.2. The molecule has 0 aliphatic carbocycles. The Morgan fingerprint density at radius 2 is 2.14 bits per heavy atom. The van der Waals surface area contributed by atoms with Gasteiger partial charge in [-0.2, -0.15) is 11.8 Å². The van der Waals surface area contributed by atoms with Crippen LogP contribution in [0.3, 0.4) is 0 Å². The van der Waals surface area contributed by atoms with Crippen molar-refractivity contribution >= 4 is 28.7 Å². The molecule has 0 bridgehead atoms. The van der Waals surface area contributed by atoms with E-state index in [0.29, 0.717) is 6.54 Å². The topological polar surface area (TPSA) is 45.2 Å². The minimum absolute atomic E-state index is 0.0261. The molecule has 5 heteroatoms. The van der Waals surface area contributed by atoms with Crippen molar-refractivity contribution in [1.82, 2.24) is 15.2 Å². The van der Waals surface area contributed by atoms with E-state index in [9.17, 15) is 4.79 Å². The van der Waals surface area contributed by atoms with Gasteiger partial charge in [0.2, 0.25) is 0 Å². The predicted molar refractivity (Wildman–Crippen MR) is 94.2 cm³/mol. The van der Waals surface area contributed by atoms with Gasteiger partial charge in [-0.3, -0.25) is 4.98 Å². The molecule has 0 unspecified atom stereocenters. The molecular formula is C17H23N3OS. The Balaban J connectivity index is 2.03. The highest BCUT2D eigenvalue weighted by Crippen LogP contribution is 2.16. The minimum Gasteiger partial charge on any atom is -0.334 e. The fourth-order valence-corrected chi connectivity index (χ4v) is 3.31. The van der Waals surface area contributed by atoms with Crippen LogP contribution < -0.4 is 5.32 Å². The van der Waals surface area contributed by atoms with Crippen LogP contribution >= 0.6 is 11.8 Å². The van der Waals surface area contributed by atoms with Gasteiger partial charge in [0.1, 0.15) is 0 Å². The van der Waals surface area contributed by atoms with Gasteiger partial charge in [-0.1, -0.05) is 25.1 Å². The molecule has 0 saturated carbocycles. The standard InChI is InChI=1S/C17H23N3OS/c1-4-14(12-22-3)20(2)17(21)19-11-13-9-10-18-16-8-6-5-7-15(13)16/h5-10,14H,4,11-12H2,1-3H3,(H,19,21)/t14-/m0/s1. The molecule has 4 nitrogen and oxygen atoms in total. The number of nitrogens with zero attached hydrogens (tertiary/aromatic N) is 2. The normalized spacial score (nSPS) is 12.1. The van der Waals surface area contributed by atoms with Gasteiger partial charge < -0.3 is 10.2 Å². The average molecular weight is 317 g/mol. The number of benzene rings is 1. The Morgan fingerprint density at radius 3 is 2.86 bits per heavy atom. The number of hydrogen-bond donors (Lipinski definition) is 1. The van der Waals surface area contributed by atoms with E-state index in [0.717, 1.165) is 28.6 Å². The lowest BCUT2D eigenvalue weighted by Gasteiger charge is -2.27. The molecule has 0 spiro atoms. The van der Waals surface area contributed by atoms with Crippen LogP contribution in [0.1, 0.15) is 18.9 Å². The van der Waals surface area contributed by atoms with Crippen molar-refractivity contribution in [2.75, 3.05) is 19.1 Å². The third kappa shape index (κ3) is 3.91. The van der Waals surface area contributed by atoms with Crippen LogP contribution in [-0.4, -0.2) is 41.0 Å². The molecule has 1 aromatic heterocycles. The van der Waals surface area contributed by atoms with Gasteiger partial charge in [0, 0.05) is 37.0 Å². The largest absolute Gasteiger partial charge is 0.334 e. The number of amides is 2. The molecule has 2 amide bonds. The molecule has 1 heterocycles. The quantitative estimate of drug-likeness (QED) is 0.886. The summed E-state index contributed by atoms with van der Waals surface area (Å²) >= 11 is 1.77. The van der Waals surface area contributed by atoms with E-state index in [2.05, 4.69) is 23.5 Å².